The maximum Gasteiger partial charge on any atom is 0.251 e. The van der Waals surface area contributed by atoms with Crippen molar-refractivity contribution in [2.45, 2.75) is 6.54 Å². The monoisotopic (exact) mass is 321 g/mol. The zero-order valence-corrected chi connectivity index (χ0v) is 11.5. The van der Waals surface area contributed by atoms with Crippen LogP contribution < -0.4 is 5.32 Å². The molecule has 0 unspecified atom stereocenters. The third-order valence-electron chi connectivity index (χ3n) is 2.58. The van der Waals surface area contributed by atoms with E-state index in [1.54, 1.807) is 0 Å². The van der Waals surface area contributed by atoms with E-state index in [-0.39, 0.29) is 17.4 Å². The van der Waals surface area contributed by atoms with Crippen LogP contribution in [0.2, 0.25) is 0 Å². The van der Waals surface area contributed by atoms with Crippen LogP contribution in [-0.4, -0.2) is 16.1 Å². The molecule has 5 heteroatoms. The fraction of sp³-hybridized carbons (Fsp3) is 0.0714. The predicted molar refractivity (Wildman–Crippen MR) is 75.1 cm³/mol. The Labute approximate surface area is 118 Å². The summed E-state index contributed by atoms with van der Waals surface area (Å²) in [5.74, 6) is -0.867. The van der Waals surface area contributed by atoms with Gasteiger partial charge in [-0.2, -0.15) is 0 Å². The minimum atomic E-state index is -0.310. The van der Waals surface area contributed by atoms with Crippen LogP contribution in [-0.2, 0) is 6.54 Å². The Bertz CT molecular complexity index is 613. The Kier molecular flexibility index (Phi) is 4.06. The SMILES string of the molecule is O=C(NCc1cccc(Br)c1)c1ccc(O)c(O)c1. The number of carbonyl (C=O) groups is 1. The van der Waals surface area contributed by atoms with Gasteiger partial charge in [-0.25, -0.2) is 0 Å². The van der Waals surface area contributed by atoms with E-state index in [1.807, 2.05) is 24.3 Å². The van der Waals surface area contributed by atoms with E-state index in [4.69, 9.17) is 0 Å². The van der Waals surface area contributed by atoms with Crippen LogP contribution in [0.3, 0.4) is 0 Å². The van der Waals surface area contributed by atoms with Crippen LogP contribution in [0.15, 0.2) is 46.9 Å². The van der Waals surface area contributed by atoms with Crippen molar-refractivity contribution in [1.29, 1.82) is 0 Å². The molecule has 0 spiro atoms. The zero-order valence-electron chi connectivity index (χ0n) is 9.93. The van der Waals surface area contributed by atoms with Gasteiger partial charge in [-0.3, -0.25) is 4.79 Å². The lowest BCUT2D eigenvalue weighted by Gasteiger charge is -2.06. The summed E-state index contributed by atoms with van der Waals surface area (Å²) in [6.45, 7) is 0.389. The summed E-state index contributed by atoms with van der Waals surface area (Å²) in [5.41, 5.74) is 1.26. The molecule has 0 saturated carbocycles. The Balaban J connectivity index is 2.03. The molecule has 0 radical (unpaired) electrons. The molecule has 1 amide bonds. The van der Waals surface area contributed by atoms with Crippen LogP contribution in [0, 0.1) is 0 Å². The summed E-state index contributed by atoms with van der Waals surface area (Å²) in [6.07, 6.45) is 0. The van der Waals surface area contributed by atoms with E-state index in [0.29, 0.717) is 12.1 Å². The number of amides is 1. The summed E-state index contributed by atoms with van der Waals surface area (Å²) >= 11 is 3.36. The van der Waals surface area contributed by atoms with Gasteiger partial charge in [0.05, 0.1) is 0 Å². The van der Waals surface area contributed by atoms with Crippen molar-refractivity contribution in [2.75, 3.05) is 0 Å². The molecular formula is C14H12BrNO3. The van der Waals surface area contributed by atoms with Crippen LogP contribution >= 0.6 is 15.9 Å². The Hall–Kier alpha value is -2.01. The molecule has 2 aromatic rings. The maximum absolute atomic E-state index is 11.9. The van der Waals surface area contributed by atoms with Gasteiger partial charge in [-0.05, 0) is 35.9 Å². The fourth-order valence-corrected chi connectivity index (χ4v) is 2.04. The van der Waals surface area contributed by atoms with E-state index in [1.165, 1.54) is 18.2 Å². The van der Waals surface area contributed by atoms with Crippen LogP contribution in [0.1, 0.15) is 15.9 Å². The molecule has 0 aromatic heterocycles. The van der Waals surface area contributed by atoms with Crippen LogP contribution in [0.4, 0.5) is 0 Å². The average Bonchev–Trinajstić information content (AvgIpc) is 2.39. The lowest BCUT2D eigenvalue weighted by Crippen LogP contribution is -2.22. The number of halogens is 1. The summed E-state index contributed by atoms with van der Waals surface area (Å²) in [6, 6.07) is 11.6. The first kappa shape index (κ1) is 13.4. The van der Waals surface area contributed by atoms with Crippen molar-refractivity contribution in [1.82, 2.24) is 5.32 Å². The standard InChI is InChI=1S/C14H12BrNO3/c15-11-3-1-2-9(6-11)8-16-14(19)10-4-5-12(17)13(18)7-10/h1-7,17-18H,8H2,(H,16,19). The van der Waals surface area contributed by atoms with Crippen molar-refractivity contribution in [3.8, 4) is 11.5 Å². The Morgan fingerprint density at radius 2 is 1.89 bits per heavy atom. The second-order valence-corrected chi connectivity index (χ2v) is 4.93. The molecule has 4 nitrogen and oxygen atoms in total. The second-order valence-electron chi connectivity index (χ2n) is 4.02. The number of hydrogen-bond donors (Lipinski definition) is 3. The Morgan fingerprint density at radius 3 is 2.58 bits per heavy atom. The number of hydrogen-bond acceptors (Lipinski definition) is 3. The topological polar surface area (TPSA) is 69.6 Å². The normalized spacial score (nSPS) is 10.2. The molecule has 19 heavy (non-hydrogen) atoms. The molecule has 98 valence electrons. The number of rotatable bonds is 3. The highest BCUT2D eigenvalue weighted by Gasteiger charge is 2.08. The maximum atomic E-state index is 11.9. The fourth-order valence-electron chi connectivity index (χ4n) is 1.60. The van der Waals surface area contributed by atoms with Crippen molar-refractivity contribution in [3.05, 3.63) is 58.1 Å². The molecule has 0 fully saturated rings. The van der Waals surface area contributed by atoms with E-state index in [0.717, 1.165) is 10.0 Å². The van der Waals surface area contributed by atoms with Gasteiger partial charge in [-0.1, -0.05) is 28.1 Å². The largest absolute Gasteiger partial charge is 0.504 e. The minimum Gasteiger partial charge on any atom is -0.504 e. The highest BCUT2D eigenvalue weighted by Crippen LogP contribution is 2.24. The van der Waals surface area contributed by atoms with E-state index in [9.17, 15) is 15.0 Å². The van der Waals surface area contributed by atoms with E-state index < -0.39 is 0 Å². The van der Waals surface area contributed by atoms with Gasteiger partial charge < -0.3 is 15.5 Å². The van der Waals surface area contributed by atoms with Gasteiger partial charge in [-0.15, -0.1) is 0 Å². The smallest absolute Gasteiger partial charge is 0.251 e. The Morgan fingerprint density at radius 1 is 1.11 bits per heavy atom. The quantitative estimate of drug-likeness (QED) is 0.761. The van der Waals surface area contributed by atoms with E-state index >= 15 is 0 Å². The molecule has 3 N–H and O–H groups in total. The van der Waals surface area contributed by atoms with Crippen molar-refractivity contribution in [3.63, 3.8) is 0 Å². The number of phenols is 2. The third-order valence-corrected chi connectivity index (χ3v) is 3.07. The first-order chi connectivity index (χ1) is 9.06. The highest BCUT2D eigenvalue weighted by atomic mass is 79.9. The molecule has 0 aliphatic carbocycles. The van der Waals surface area contributed by atoms with Gasteiger partial charge in [0.25, 0.3) is 5.91 Å². The summed E-state index contributed by atoms with van der Waals surface area (Å²) in [7, 11) is 0. The first-order valence-electron chi connectivity index (χ1n) is 5.61. The molecule has 0 bridgehead atoms. The minimum absolute atomic E-state index is 0.247. The number of benzene rings is 2. The van der Waals surface area contributed by atoms with Crippen molar-refractivity contribution >= 4 is 21.8 Å². The van der Waals surface area contributed by atoms with Gasteiger partial charge in [0.2, 0.25) is 0 Å². The third kappa shape index (κ3) is 3.48. The lowest BCUT2D eigenvalue weighted by molar-refractivity contribution is 0.0950. The van der Waals surface area contributed by atoms with Crippen molar-refractivity contribution < 1.29 is 15.0 Å². The second kappa shape index (κ2) is 5.75. The molecule has 0 saturated heterocycles. The number of nitrogens with one attached hydrogen (secondary N) is 1. The first-order valence-corrected chi connectivity index (χ1v) is 6.40. The number of phenolic OH excluding ortho intramolecular Hbond substituents is 2. The van der Waals surface area contributed by atoms with Gasteiger partial charge >= 0.3 is 0 Å². The summed E-state index contributed by atoms with van der Waals surface area (Å²) < 4.78 is 0.946. The molecule has 2 aromatic carbocycles. The van der Waals surface area contributed by atoms with Crippen molar-refractivity contribution in [2.24, 2.45) is 0 Å². The molecule has 0 heterocycles. The number of aromatic hydroxyl groups is 2. The number of carbonyl (C=O) groups excluding carboxylic acids is 1. The lowest BCUT2D eigenvalue weighted by atomic mass is 10.1. The van der Waals surface area contributed by atoms with Gasteiger partial charge in [0.1, 0.15) is 0 Å². The predicted octanol–water partition coefficient (Wildman–Crippen LogP) is 2.79. The van der Waals surface area contributed by atoms with Crippen LogP contribution in [0.25, 0.3) is 0 Å². The molecule has 0 aliphatic rings. The van der Waals surface area contributed by atoms with E-state index in [2.05, 4.69) is 21.2 Å². The van der Waals surface area contributed by atoms with Gasteiger partial charge in [0.15, 0.2) is 11.5 Å². The summed E-state index contributed by atoms with van der Waals surface area (Å²) in [5, 5.41) is 21.2. The summed E-state index contributed by atoms with van der Waals surface area (Å²) in [4.78, 5) is 11.9. The molecule has 0 aliphatic heterocycles. The molecule has 2 rings (SSSR count). The highest BCUT2D eigenvalue weighted by molar-refractivity contribution is 9.10. The molecular weight excluding hydrogens is 310 g/mol. The van der Waals surface area contributed by atoms with Crippen LogP contribution in [0.5, 0.6) is 11.5 Å². The zero-order chi connectivity index (χ0) is 13.8. The van der Waals surface area contributed by atoms with Gasteiger partial charge in [0, 0.05) is 16.6 Å². The molecule has 0 atom stereocenters. The average molecular weight is 322 g/mol.